The second-order valence-electron chi connectivity index (χ2n) is 5.50. The van der Waals surface area contributed by atoms with E-state index in [9.17, 15) is 0 Å². The minimum Gasteiger partial charge on any atom is -0.497 e. The molecule has 3 rings (SSSR count). The molecule has 0 spiro atoms. The van der Waals surface area contributed by atoms with E-state index in [1.165, 1.54) is 17.7 Å². The number of anilines is 2. The van der Waals surface area contributed by atoms with Crippen molar-refractivity contribution >= 4 is 11.4 Å². The summed E-state index contributed by atoms with van der Waals surface area (Å²) in [6.45, 7) is 2.57. The molecular weight excluding hydrogens is 276 g/mol. The van der Waals surface area contributed by atoms with E-state index in [0.29, 0.717) is 6.61 Å². The van der Waals surface area contributed by atoms with E-state index in [1.807, 2.05) is 30.3 Å². The van der Waals surface area contributed by atoms with Crippen LogP contribution in [-0.2, 0) is 6.42 Å². The summed E-state index contributed by atoms with van der Waals surface area (Å²) in [4.78, 5) is 2.36. The zero-order chi connectivity index (χ0) is 15.4. The Bertz CT molecular complexity index is 625. The molecule has 22 heavy (non-hydrogen) atoms. The van der Waals surface area contributed by atoms with E-state index >= 15 is 0 Å². The molecule has 1 heterocycles. The summed E-state index contributed by atoms with van der Waals surface area (Å²) in [5, 5.41) is 0. The van der Waals surface area contributed by atoms with Crippen molar-refractivity contribution in [1.82, 2.24) is 0 Å². The lowest BCUT2D eigenvalue weighted by Crippen LogP contribution is -2.33. The maximum Gasteiger partial charge on any atom is 0.119 e. The molecule has 0 fully saturated rings. The normalized spacial score (nSPS) is 13.6. The molecule has 4 nitrogen and oxygen atoms in total. The fourth-order valence-corrected chi connectivity index (χ4v) is 2.85. The fourth-order valence-electron chi connectivity index (χ4n) is 2.85. The molecular formula is C18H22N2O2. The molecule has 0 radical (unpaired) electrons. The number of ether oxygens (including phenoxy) is 2. The maximum absolute atomic E-state index is 5.92. The van der Waals surface area contributed by atoms with E-state index in [-0.39, 0.29) is 0 Å². The minimum atomic E-state index is 0.653. The van der Waals surface area contributed by atoms with Crippen LogP contribution in [0.15, 0.2) is 42.5 Å². The van der Waals surface area contributed by atoms with Gasteiger partial charge in [0.15, 0.2) is 0 Å². The number of fused-ring (bicyclic) bond motifs is 1. The molecule has 2 aromatic rings. The van der Waals surface area contributed by atoms with Gasteiger partial charge in [-0.3, -0.25) is 0 Å². The first kappa shape index (κ1) is 14.6. The standard InChI is InChI=1S/C18H22N2O2/c1-21-16-6-8-17(9-7-16)22-12-11-20-10-2-3-14-4-5-15(19)13-18(14)20/h4-9,13H,2-3,10-12,19H2,1H3. The number of nitrogens with zero attached hydrogens (tertiary/aromatic N) is 1. The maximum atomic E-state index is 5.92. The highest BCUT2D eigenvalue weighted by Gasteiger charge is 2.16. The molecule has 0 saturated carbocycles. The molecule has 0 amide bonds. The highest BCUT2D eigenvalue weighted by molar-refractivity contribution is 5.62. The Hall–Kier alpha value is -2.36. The largest absolute Gasteiger partial charge is 0.497 e. The van der Waals surface area contributed by atoms with Crippen molar-refractivity contribution in [1.29, 1.82) is 0 Å². The average Bonchev–Trinajstić information content (AvgIpc) is 2.56. The van der Waals surface area contributed by atoms with Crippen molar-refractivity contribution in [2.75, 3.05) is 37.4 Å². The first-order chi connectivity index (χ1) is 10.8. The smallest absolute Gasteiger partial charge is 0.119 e. The van der Waals surface area contributed by atoms with Crippen molar-refractivity contribution < 1.29 is 9.47 Å². The van der Waals surface area contributed by atoms with Crippen LogP contribution in [0.4, 0.5) is 11.4 Å². The molecule has 0 aliphatic carbocycles. The fraction of sp³-hybridized carbons (Fsp3) is 0.333. The van der Waals surface area contributed by atoms with Crippen LogP contribution >= 0.6 is 0 Å². The van der Waals surface area contributed by atoms with Crippen molar-refractivity contribution in [2.45, 2.75) is 12.8 Å². The van der Waals surface area contributed by atoms with Gasteiger partial charge in [0.1, 0.15) is 18.1 Å². The Balaban J connectivity index is 1.59. The van der Waals surface area contributed by atoms with E-state index in [1.54, 1.807) is 7.11 Å². The molecule has 0 saturated heterocycles. The molecule has 116 valence electrons. The van der Waals surface area contributed by atoms with Crippen LogP contribution in [0.1, 0.15) is 12.0 Å². The predicted molar refractivity (Wildman–Crippen MR) is 89.9 cm³/mol. The van der Waals surface area contributed by atoms with E-state index < -0.39 is 0 Å². The van der Waals surface area contributed by atoms with Crippen molar-refractivity contribution in [2.24, 2.45) is 0 Å². The molecule has 2 aromatic carbocycles. The molecule has 1 aliphatic rings. The topological polar surface area (TPSA) is 47.7 Å². The Labute approximate surface area is 131 Å². The zero-order valence-corrected chi connectivity index (χ0v) is 12.9. The number of hydrogen-bond donors (Lipinski definition) is 1. The molecule has 1 aliphatic heterocycles. The average molecular weight is 298 g/mol. The predicted octanol–water partition coefficient (Wildman–Crippen LogP) is 3.11. The summed E-state index contributed by atoms with van der Waals surface area (Å²) in [5.41, 5.74) is 9.38. The highest BCUT2D eigenvalue weighted by atomic mass is 16.5. The monoisotopic (exact) mass is 298 g/mol. The number of nitrogens with two attached hydrogens (primary N) is 1. The first-order valence-electron chi connectivity index (χ1n) is 7.66. The highest BCUT2D eigenvalue weighted by Crippen LogP contribution is 2.28. The van der Waals surface area contributed by atoms with Crippen LogP contribution in [0.2, 0.25) is 0 Å². The molecule has 2 N–H and O–H groups in total. The van der Waals surface area contributed by atoms with Gasteiger partial charge in [0.05, 0.1) is 13.7 Å². The van der Waals surface area contributed by atoms with Gasteiger partial charge in [-0.2, -0.15) is 0 Å². The number of nitrogen functional groups attached to an aromatic ring is 1. The number of rotatable bonds is 5. The van der Waals surface area contributed by atoms with Crippen molar-refractivity contribution in [3.63, 3.8) is 0 Å². The summed E-state index contributed by atoms with van der Waals surface area (Å²) >= 11 is 0. The van der Waals surface area contributed by atoms with Crippen LogP contribution < -0.4 is 20.1 Å². The number of benzene rings is 2. The Morgan fingerprint density at radius 2 is 1.86 bits per heavy atom. The summed E-state index contributed by atoms with van der Waals surface area (Å²) in [6, 6.07) is 13.9. The second-order valence-corrected chi connectivity index (χ2v) is 5.50. The second kappa shape index (κ2) is 6.60. The van der Waals surface area contributed by atoms with Crippen LogP contribution in [0, 0.1) is 0 Å². The quantitative estimate of drug-likeness (QED) is 0.862. The van der Waals surface area contributed by atoms with Crippen molar-refractivity contribution in [3.05, 3.63) is 48.0 Å². The Kier molecular flexibility index (Phi) is 4.37. The first-order valence-corrected chi connectivity index (χ1v) is 7.66. The van der Waals surface area contributed by atoms with Gasteiger partial charge in [0.2, 0.25) is 0 Å². The summed E-state index contributed by atoms with van der Waals surface area (Å²) in [5.74, 6) is 1.71. The number of methoxy groups -OCH3 is 1. The molecule has 0 aromatic heterocycles. The molecule has 0 unspecified atom stereocenters. The Morgan fingerprint density at radius 3 is 2.64 bits per heavy atom. The van der Waals surface area contributed by atoms with E-state index in [4.69, 9.17) is 15.2 Å². The summed E-state index contributed by atoms with van der Waals surface area (Å²) in [7, 11) is 1.66. The minimum absolute atomic E-state index is 0.653. The lowest BCUT2D eigenvalue weighted by Gasteiger charge is -2.31. The number of aryl methyl sites for hydroxylation is 1. The van der Waals surface area contributed by atoms with Crippen LogP contribution in [-0.4, -0.2) is 26.8 Å². The summed E-state index contributed by atoms with van der Waals surface area (Å²) < 4.78 is 11.0. The van der Waals surface area contributed by atoms with Gasteiger partial charge in [-0.05, 0) is 54.8 Å². The van der Waals surface area contributed by atoms with Gasteiger partial charge in [-0.1, -0.05) is 6.07 Å². The van der Waals surface area contributed by atoms with Gasteiger partial charge < -0.3 is 20.1 Å². The third-order valence-electron chi connectivity index (χ3n) is 4.01. The van der Waals surface area contributed by atoms with E-state index in [2.05, 4.69) is 17.0 Å². The van der Waals surface area contributed by atoms with Crippen molar-refractivity contribution in [3.8, 4) is 11.5 Å². The van der Waals surface area contributed by atoms with Gasteiger partial charge >= 0.3 is 0 Å². The van der Waals surface area contributed by atoms with Crippen LogP contribution in [0.3, 0.4) is 0 Å². The SMILES string of the molecule is COc1ccc(OCCN2CCCc3ccc(N)cc32)cc1. The van der Waals surface area contributed by atoms with Gasteiger partial charge in [-0.15, -0.1) is 0 Å². The molecule has 0 bridgehead atoms. The van der Waals surface area contributed by atoms with Crippen LogP contribution in [0.25, 0.3) is 0 Å². The third-order valence-corrected chi connectivity index (χ3v) is 4.01. The molecule has 4 heteroatoms. The molecule has 0 atom stereocenters. The third kappa shape index (κ3) is 3.27. The lowest BCUT2D eigenvalue weighted by atomic mass is 10.0. The summed E-state index contributed by atoms with van der Waals surface area (Å²) in [6.07, 6.45) is 2.31. The van der Waals surface area contributed by atoms with Gasteiger partial charge in [-0.25, -0.2) is 0 Å². The van der Waals surface area contributed by atoms with Gasteiger partial charge in [0, 0.05) is 17.9 Å². The van der Waals surface area contributed by atoms with E-state index in [0.717, 1.165) is 36.7 Å². The lowest BCUT2D eigenvalue weighted by molar-refractivity contribution is 0.321. The zero-order valence-electron chi connectivity index (χ0n) is 12.9. The number of hydrogen-bond acceptors (Lipinski definition) is 4. The van der Waals surface area contributed by atoms with Gasteiger partial charge in [0.25, 0.3) is 0 Å². The Morgan fingerprint density at radius 1 is 1.09 bits per heavy atom. The van der Waals surface area contributed by atoms with Crippen LogP contribution in [0.5, 0.6) is 11.5 Å².